The molecule has 1 N–H and O–H groups in total. The lowest BCUT2D eigenvalue weighted by molar-refractivity contribution is -0.147. The van der Waals surface area contributed by atoms with Crippen LogP contribution in [0.5, 0.6) is 0 Å². The molecular weight excluding hydrogens is 436 g/mol. The Morgan fingerprint density at radius 2 is 1.88 bits per heavy atom. The molecule has 2 aromatic rings. The van der Waals surface area contributed by atoms with Crippen LogP contribution in [0.1, 0.15) is 66.4 Å². The minimum Gasteiger partial charge on any atom is -0.466 e. The lowest BCUT2D eigenvalue weighted by atomic mass is 10.1. The summed E-state index contributed by atoms with van der Waals surface area (Å²) < 4.78 is 16.0. The van der Waals surface area contributed by atoms with E-state index in [9.17, 15) is 14.4 Å². The third kappa shape index (κ3) is 9.08. The maximum atomic E-state index is 13.6. The van der Waals surface area contributed by atoms with Crippen LogP contribution in [-0.4, -0.2) is 47.7 Å². The lowest BCUT2D eigenvalue weighted by Gasteiger charge is -2.30. The Kier molecular flexibility index (Phi) is 9.96. The predicted molar refractivity (Wildman–Crippen MR) is 130 cm³/mol. The molecule has 2 amide bonds. The Bertz CT molecular complexity index is 960. The van der Waals surface area contributed by atoms with Crippen molar-refractivity contribution in [2.45, 2.75) is 79.0 Å². The number of carbonyl (C=O) groups is 3. The molecule has 0 spiro atoms. The van der Waals surface area contributed by atoms with E-state index < -0.39 is 23.7 Å². The summed E-state index contributed by atoms with van der Waals surface area (Å²) in [6.45, 7) is 12.3. The molecule has 34 heavy (non-hydrogen) atoms. The first kappa shape index (κ1) is 27.2. The van der Waals surface area contributed by atoms with E-state index in [-0.39, 0.29) is 24.9 Å². The molecule has 0 saturated carbocycles. The van der Waals surface area contributed by atoms with Gasteiger partial charge in [0.05, 0.1) is 19.3 Å². The summed E-state index contributed by atoms with van der Waals surface area (Å²) in [5.74, 6) is -0.716. The van der Waals surface area contributed by atoms with Crippen LogP contribution in [0, 0.1) is 5.92 Å². The molecule has 188 valence electrons. The van der Waals surface area contributed by atoms with E-state index >= 15 is 0 Å². The number of benzene rings is 1. The van der Waals surface area contributed by atoms with Gasteiger partial charge in [-0.05, 0) is 56.9 Å². The predicted octanol–water partition coefficient (Wildman–Crippen LogP) is 5.04. The minimum absolute atomic E-state index is 0.181. The third-order valence-electron chi connectivity index (χ3n) is 4.91. The molecule has 1 atom stereocenters. The van der Waals surface area contributed by atoms with E-state index in [2.05, 4.69) is 5.32 Å². The Balaban J connectivity index is 2.23. The van der Waals surface area contributed by atoms with E-state index in [1.54, 1.807) is 31.9 Å². The van der Waals surface area contributed by atoms with E-state index in [4.69, 9.17) is 13.9 Å². The number of ether oxygens (including phenoxy) is 2. The van der Waals surface area contributed by atoms with Crippen LogP contribution >= 0.6 is 0 Å². The zero-order valence-corrected chi connectivity index (χ0v) is 21.2. The number of nitrogens with one attached hydrogen (secondary N) is 1. The molecule has 0 radical (unpaired) electrons. The Morgan fingerprint density at radius 3 is 2.53 bits per heavy atom. The molecule has 1 aromatic heterocycles. The molecule has 0 saturated heterocycles. The van der Waals surface area contributed by atoms with Crippen LogP contribution in [0.15, 0.2) is 34.9 Å². The number of hydrogen-bond acceptors (Lipinski definition) is 6. The molecule has 2 rings (SSSR count). The number of esters is 1. The van der Waals surface area contributed by atoms with Gasteiger partial charge in [0, 0.05) is 18.5 Å². The van der Waals surface area contributed by atoms with Crippen molar-refractivity contribution >= 4 is 28.9 Å². The second-order valence-electron chi connectivity index (χ2n) is 9.88. The van der Waals surface area contributed by atoms with Gasteiger partial charge in [-0.1, -0.05) is 33.3 Å². The number of nitrogens with zero attached hydrogens (tertiary/aromatic N) is 1. The van der Waals surface area contributed by atoms with Gasteiger partial charge in [-0.15, -0.1) is 0 Å². The Morgan fingerprint density at radius 1 is 1.15 bits per heavy atom. The Hall–Kier alpha value is -3.03. The summed E-state index contributed by atoms with van der Waals surface area (Å²) in [5, 5.41) is 3.53. The van der Waals surface area contributed by atoms with Gasteiger partial charge in [-0.2, -0.15) is 0 Å². The van der Waals surface area contributed by atoms with Crippen molar-refractivity contribution in [1.82, 2.24) is 10.2 Å². The Labute approximate surface area is 201 Å². The molecule has 0 aliphatic heterocycles. The van der Waals surface area contributed by atoms with Gasteiger partial charge in [0.15, 0.2) is 0 Å². The van der Waals surface area contributed by atoms with Gasteiger partial charge in [-0.25, -0.2) is 4.79 Å². The average molecular weight is 475 g/mol. The highest BCUT2D eigenvalue weighted by Gasteiger charge is 2.31. The summed E-state index contributed by atoms with van der Waals surface area (Å²) in [5.41, 5.74) is 0.950. The van der Waals surface area contributed by atoms with Crippen molar-refractivity contribution < 1.29 is 28.3 Å². The molecule has 8 heteroatoms. The van der Waals surface area contributed by atoms with Crippen molar-refractivity contribution in [3.63, 3.8) is 0 Å². The number of unbranched alkanes of at least 4 members (excludes halogenated alkanes) is 1. The summed E-state index contributed by atoms with van der Waals surface area (Å²) >= 11 is 0. The van der Waals surface area contributed by atoms with Crippen LogP contribution in [0.3, 0.4) is 0 Å². The second kappa shape index (κ2) is 12.4. The largest absolute Gasteiger partial charge is 0.466 e. The highest BCUT2D eigenvalue weighted by Crippen LogP contribution is 2.19. The smallest absolute Gasteiger partial charge is 0.408 e. The van der Waals surface area contributed by atoms with Gasteiger partial charge >= 0.3 is 12.1 Å². The zero-order chi connectivity index (χ0) is 25.3. The summed E-state index contributed by atoms with van der Waals surface area (Å²) in [6, 6.07) is 6.51. The van der Waals surface area contributed by atoms with Gasteiger partial charge in [-0.3, -0.25) is 9.59 Å². The summed E-state index contributed by atoms with van der Waals surface area (Å²) in [4.78, 5) is 40.1. The monoisotopic (exact) mass is 474 g/mol. The van der Waals surface area contributed by atoms with Crippen molar-refractivity contribution in [2.24, 2.45) is 5.92 Å². The molecule has 1 heterocycles. The number of furan rings is 1. The maximum Gasteiger partial charge on any atom is 0.408 e. The van der Waals surface area contributed by atoms with Crippen molar-refractivity contribution in [2.75, 3.05) is 13.2 Å². The van der Waals surface area contributed by atoms with E-state index in [0.29, 0.717) is 13.1 Å². The third-order valence-corrected chi connectivity index (χ3v) is 4.91. The van der Waals surface area contributed by atoms with Crippen molar-refractivity contribution in [3.8, 4) is 0 Å². The van der Waals surface area contributed by atoms with Crippen LogP contribution in [0.2, 0.25) is 0 Å². The van der Waals surface area contributed by atoms with Crippen molar-refractivity contribution in [1.29, 1.82) is 0 Å². The topological polar surface area (TPSA) is 98.1 Å². The second-order valence-corrected chi connectivity index (χ2v) is 9.88. The normalized spacial score (nSPS) is 12.4. The maximum absolute atomic E-state index is 13.6. The first-order valence-electron chi connectivity index (χ1n) is 11.9. The number of hydrogen-bond donors (Lipinski definition) is 1. The van der Waals surface area contributed by atoms with E-state index in [1.165, 1.54) is 0 Å². The number of alkyl carbamates (subject to hydrolysis) is 1. The first-order chi connectivity index (χ1) is 16.0. The number of carbonyl (C=O) groups excluding carboxylic acids is 3. The van der Waals surface area contributed by atoms with Crippen LogP contribution < -0.4 is 5.32 Å². The molecule has 0 bridgehead atoms. The first-order valence-corrected chi connectivity index (χ1v) is 11.9. The van der Waals surface area contributed by atoms with Gasteiger partial charge in [0.2, 0.25) is 5.91 Å². The fourth-order valence-corrected chi connectivity index (χ4v) is 3.43. The zero-order valence-electron chi connectivity index (χ0n) is 21.2. The van der Waals surface area contributed by atoms with E-state index in [1.807, 2.05) is 45.0 Å². The average Bonchev–Trinajstić information content (AvgIpc) is 3.18. The molecule has 8 nitrogen and oxygen atoms in total. The number of rotatable bonds is 11. The molecular formula is C26H38N2O6. The number of fused-ring (bicyclic) bond motifs is 1. The fraction of sp³-hybridized carbons (Fsp3) is 0.577. The van der Waals surface area contributed by atoms with Gasteiger partial charge < -0.3 is 24.1 Å². The van der Waals surface area contributed by atoms with E-state index in [0.717, 1.165) is 29.4 Å². The molecule has 0 aliphatic rings. The SMILES string of the molecule is CCCCOC(=O)C[C@H](NC(=O)OC(C)(C)C)C(=O)N(Cc1ccc2occc2c1)CC(C)C. The van der Waals surface area contributed by atoms with Gasteiger partial charge in [0.1, 0.15) is 17.2 Å². The van der Waals surface area contributed by atoms with Gasteiger partial charge in [0.25, 0.3) is 0 Å². The molecule has 1 aromatic carbocycles. The minimum atomic E-state index is -1.10. The lowest BCUT2D eigenvalue weighted by Crippen LogP contribution is -2.51. The summed E-state index contributed by atoms with van der Waals surface area (Å²) in [6.07, 6.45) is 2.22. The molecule has 0 unspecified atom stereocenters. The number of amides is 2. The van der Waals surface area contributed by atoms with Crippen molar-refractivity contribution in [3.05, 3.63) is 36.1 Å². The molecule has 0 aliphatic carbocycles. The highest BCUT2D eigenvalue weighted by atomic mass is 16.6. The quantitative estimate of drug-likeness (QED) is 0.362. The molecule has 0 fully saturated rings. The summed E-state index contributed by atoms with van der Waals surface area (Å²) in [7, 11) is 0. The fourth-order valence-electron chi connectivity index (χ4n) is 3.43. The standard InChI is InChI=1S/C26H38N2O6/c1-7-8-12-33-23(29)15-21(27-25(31)34-26(4,5)6)24(30)28(16-18(2)3)17-19-9-10-22-20(14-19)11-13-32-22/h9-11,13-14,18,21H,7-8,12,15-17H2,1-6H3,(H,27,31)/t21-/m0/s1. The van der Waals surface area contributed by atoms with Crippen LogP contribution in [0.25, 0.3) is 11.0 Å². The van der Waals surface area contributed by atoms with Crippen LogP contribution in [-0.2, 0) is 25.6 Å². The van der Waals surface area contributed by atoms with Crippen LogP contribution in [0.4, 0.5) is 4.79 Å². The highest BCUT2D eigenvalue weighted by molar-refractivity contribution is 5.90.